The lowest BCUT2D eigenvalue weighted by molar-refractivity contribution is -0.0588. The Hall–Kier alpha value is -1.02. The van der Waals surface area contributed by atoms with E-state index in [0.717, 1.165) is 6.54 Å². The maximum absolute atomic E-state index is 6.40. The molecular formula is C18H27NO. The fourth-order valence-electron chi connectivity index (χ4n) is 3.69. The topological polar surface area (TPSA) is 21.3 Å². The number of ether oxygens (including phenoxy) is 1. The van der Waals surface area contributed by atoms with Crippen LogP contribution in [0.3, 0.4) is 0 Å². The van der Waals surface area contributed by atoms with Crippen LogP contribution in [0.2, 0.25) is 0 Å². The third-order valence-electron chi connectivity index (χ3n) is 5.14. The summed E-state index contributed by atoms with van der Waals surface area (Å²) in [5, 5.41) is 3.55. The zero-order valence-corrected chi connectivity index (χ0v) is 12.9. The lowest BCUT2D eigenvalue weighted by Gasteiger charge is -2.33. The van der Waals surface area contributed by atoms with E-state index in [-0.39, 0.29) is 5.60 Å². The summed E-state index contributed by atoms with van der Waals surface area (Å²) in [4.78, 5) is 0. The zero-order valence-electron chi connectivity index (χ0n) is 12.9. The summed E-state index contributed by atoms with van der Waals surface area (Å²) in [6, 6.07) is 6.60. The number of hydrogen-bond donors (Lipinski definition) is 1. The van der Waals surface area contributed by atoms with Gasteiger partial charge in [-0.3, -0.25) is 0 Å². The van der Waals surface area contributed by atoms with E-state index in [1.165, 1.54) is 61.8 Å². The van der Waals surface area contributed by atoms with Crippen LogP contribution in [0.1, 0.15) is 56.1 Å². The van der Waals surface area contributed by atoms with Crippen molar-refractivity contribution < 1.29 is 4.74 Å². The normalized spacial score (nSPS) is 25.0. The first-order valence-electron chi connectivity index (χ1n) is 8.16. The maximum Gasteiger partial charge on any atom is 0.0756 e. The molecule has 0 amide bonds. The first-order chi connectivity index (χ1) is 9.67. The van der Waals surface area contributed by atoms with E-state index >= 15 is 0 Å². The molecule has 1 heterocycles. The molecule has 1 aliphatic carbocycles. The van der Waals surface area contributed by atoms with Crippen molar-refractivity contribution in [1.29, 1.82) is 0 Å². The van der Waals surface area contributed by atoms with Gasteiger partial charge in [-0.05, 0) is 62.8 Å². The Kier molecular flexibility index (Phi) is 4.02. The summed E-state index contributed by atoms with van der Waals surface area (Å²) in [7, 11) is 0. The van der Waals surface area contributed by atoms with Crippen LogP contribution in [0.4, 0.5) is 5.69 Å². The smallest absolute Gasteiger partial charge is 0.0756 e. The molecule has 1 saturated heterocycles. The van der Waals surface area contributed by atoms with Gasteiger partial charge < -0.3 is 10.1 Å². The average Bonchev–Trinajstić information content (AvgIpc) is 2.84. The second-order valence-corrected chi connectivity index (χ2v) is 6.70. The van der Waals surface area contributed by atoms with Gasteiger partial charge in [0, 0.05) is 12.2 Å². The summed E-state index contributed by atoms with van der Waals surface area (Å²) in [5.74, 6) is 0. The van der Waals surface area contributed by atoms with E-state index in [0.29, 0.717) is 6.10 Å². The Morgan fingerprint density at radius 2 is 1.90 bits per heavy atom. The summed E-state index contributed by atoms with van der Waals surface area (Å²) in [6.07, 6.45) is 9.57. The van der Waals surface area contributed by atoms with Crippen LogP contribution in [0.15, 0.2) is 18.2 Å². The molecule has 1 N–H and O–H groups in total. The molecule has 0 radical (unpaired) electrons. The highest BCUT2D eigenvalue weighted by Gasteiger charge is 2.40. The van der Waals surface area contributed by atoms with Gasteiger partial charge in [-0.2, -0.15) is 0 Å². The molecule has 110 valence electrons. The van der Waals surface area contributed by atoms with Crippen LogP contribution in [-0.2, 0) is 4.74 Å². The minimum Gasteiger partial charge on any atom is -0.382 e. The predicted molar refractivity (Wildman–Crippen MR) is 84.3 cm³/mol. The molecule has 2 nitrogen and oxygen atoms in total. The molecule has 2 fully saturated rings. The van der Waals surface area contributed by atoms with Gasteiger partial charge in [-0.1, -0.05) is 25.3 Å². The molecular weight excluding hydrogens is 246 g/mol. The quantitative estimate of drug-likeness (QED) is 0.869. The number of hydrogen-bond acceptors (Lipinski definition) is 2. The fourth-order valence-corrected chi connectivity index (χ4v) is 3.69. The Morgan fingerprint density at radius 1 is 1.10 bits per heavy atom. The number of aryl methyl sites for hydroxylation is 2. The summed E-state index contributed by atoms with van der Waals surface area (Å²) >= 11 is 0. The Balaban J connectivity index is 1.53. The van der Waals surface area contributed by atoms with Gasteiger partial charge >= 0.3 is 0 Å². The van der Waals surface area contributed by atoms with E-state index < -0.39 is 0 Å². The minimum atomic E-state index is 0.244. The standard InChI is InChI=1S/C18H27NO/c1-14-6-7-16(12-15(14)2)19-13-17-8-11-18(20-17)9-4-3-5-10-18/h6-7,12,17,19H,3-5,8-11,13H2,1-2H3. The second-order valence-electron chi connectivity index (χ2n) is 6.70. The van der Waals surface area contributed by atoms with Crippen molar-refractivity contribution in [1.82, 2.24) is 0 Å². The Bertz CT molecular complexity index is 462. The van der Waals surface area contributed by atoms with Crippen LogP contribution >= 0.6 is 0 Å². The molecule has 20 heavy (non-hydrogen) atoms. The van der Waals surface area contributed by atoms with Crippen molar-refractivity contribution in [3.05, 3.63) is 29.3 Å². The average molecular weight is 273 g/mol. The fraction of sp³-hybridized carbons (Fsp3) is 0.667. The molecule has 2 heteroatoms. The monoisotopic (exact) mass is 273 g/mol. The lowest BCUT2D eigenvalue weighted by atomic mass is 9.83. The van der Waals surface area contributed by atoms with Crippen molar-refractivity contribution in [3.63, 3.8) is 0 Å². The summed E-state index contributed by atoms with van der Waals surface area (Å²) in [5.41, 5.74) is 4.18. The Morgan fingerprint density at radius 3 is 2.65 bits per heavy atom. The molecule has 1 aliphatic heterocycles. The van der Waals surface area contributed by atoms with Crippen LogP contribution in [0.5, 0.6) is 0 Å². The van der Waals surface area contributed by atoms with Gasteiger partial charge in [0.15, 0.2) is 0 Å². The van der Waals surface area contributed by atoms with Crippen molar-refractivity contribution in [3.8, 4) is 0 Å². The van der Waals surface area contributed by atoms with E-state index in [2.05, 4.69) is 37.4 Å². The second kappa shape index (κ2) is 5.77. The molecule has 1 aromatic carbocycles. The molecule has 1 atom stereocenters. The molecule has 2 aliphatic rings. The third-order valence-corrected chi connectivity index (χ3v) is 5.14. The SMILES string of the molecule is Cc1ccc(NCC2CCC3(CCCCC3)O2)cc1C. The highest BCUT2D eigenvalue weighted by Crippen LogP contribution is 2.41. The number of nitrogens with one attached hydrogen (secondary N) is 1. The Labute approximate surface area is 122 Å². The van der Waals surface area contributed by atoms with Crippen molar-refractivity contribution in [2.45, 2.75) is 70.5 Å². The number of anilines is 1. The number of benzene rings is 1. The lowest BCUT2D eigenvalue weighted by Crippen LogP contribution is -2.33. The highest BCUT2D eigenvalue weighted by molar-refractivity contribution is 5.48. The zero-order chi connectivity index (χ0) is 14.0. The molecule has 3 rings (SSSR count). The van der Waals surface area contributed by atoms with E-state index in [9.17, 15) is 0 Å². The first-order valence-corrected chi connectivity index (χ1v) is 8.16. The molecule has 0 bridgehead atoms. The van der Waals surface area contributed by atoms with E-state index in [1.807, 2.05) is 0 Å². The van der Waals surface area contributed by atoms with Gasteiger partial charge in [0.25, 0.3) is 0 Å². The maximum atomic E-state index is 6.40. The van der Waals surface area contributed by atoms with Gasteiger partial charge in [0.1, 0.15) is 0 Å². The molecule has 1 unspecified atom stereocenters. The molecule has 1 aromatic rings. The van der Waals surface area contributed by atoms with Gasteiger partial charge in [-0.15, -0.1) is 0 Å². The van der Waals surface area contributed by atoms with Crippen molar-refractivity contribution >= 4 is 5.69 Å². The predicted octanol–water partition coefficient (Wildman–Crippen LogP) is 4.60. The highest BCUT2D eigenvalue weighted by atomic mass is 16.5. The molecule has 0 aromatic heterocycles. The van der Waals surface area contributed by atoms with Gasteiger partial charge in [-0.25, -0.2) is 0 Å². The summed E-state index contributed by atoms with van der Waals surface area (Å²) < 4.78 is 6.40. The van der Waals surface area contributed by atoms with Crippen molar-refractivity contribution in [2.75, 3.05) is 11.9 Å². The van der Waals surface area contributed by atoms with Gasteiger partial charge in [0.05, 0.1) is 11.7 Å². The first kappa shape index (κ1) is 13.9. The largest absolute Gasteiger partial charge is 0.382 e. The summed E-state index contributed by atoms with van der Waals surface area (Å²) in [6.45, 7) is 5.28. The molecule has 1 saturated carbocycles. The van der Waals surface area contributed by atoms with Crippen LogP contribution in [0.25, 0.3) is 0 Å². The van der Waals surface area contributed by atoms with Crippen molar-refractivity contribution in [2.24, 2.45) is 0 Å². The van der Waals surface area contributed by atoms with Crippen LogP contribution in [0, 0.1) is 13.8 Å². The van der Waals surface area contributed by atoms with Crippen LogP contribution < -0.4 is 5.32 Å². The number of rotatable bonds is 3. The van der Waals surface area contributed by atoms with Gasteiger partial charge in [0.2, 0.25) is 0 Å². The third kappa shape index (κ3) is 3.01. The van der Waals surface area contributed by atoms with E-state index in [4.69, 9.17) is 4.74 Å². The molecule has 1 spiro atoms. The van der Waals surface area contributed by atoms with E-state index in [1.54, 1.807) is 0 Å². The minimum absolute atomic E-state index is 0.244. The van der Waals surface area contributed by atoms with Crippen LogP contribution in [-0.4, -0.2) is 18.2 Å².